The third kappa shape index (κ3) is 2.72. The highest BCUT2D eigenvalue weighted by Gasteiger charge is 2.15. The van der Waals surface area contributed by atoms with Crippen LogP contribution >= 0.6 is 11.6 Å². The van der Waals surface area contributed by atoms with E-state index in [1.807, 2.05) is 30.5 Å². The summed E-state index contributed by atoms with van der Waals surface area (Å²) in [6.07, 6.45) is 4.48. The number of nitrogens with one attached hydrogen (secondary N) is 1. The summed E-state index contributed by atoms with van der Waals surface area (Å²) in [6.45, 7) is 2.99. The molecule has 4 nitrogen and oxygen atoms in total. The zero-order chi connectivity index (χ0) is 13.0. The highest BCUT2D eigenvalue weighted by atomic mass is 35.5. The standard InChI is InChI=1S/C13H17ClN4/c1-2-18-8-7-16-13(18)9-12(17-15)10-5-3-4-6-11(10)14/h3-8,12,17H,2,9,15H2,1H3. The number of hydrazine groups is 1. The van der Waals surface area contributed by atoms with Gasteiger partial charge in [0.05, 0.1) is 6.04 Å². The molecular weight excluding hydrogens is 248 g/mol. The number of imidazole rings is 1. The van der Waals surface area contributed by atoms with Crippen molar-refractivity contribution in [1.29, 1.82) is 0 Å². The third-order valence-electron chi connectivity index (χ3n) is 3.01. The second-order valence-electron chi connectivity index (χ2n) is 4.07. The van der Waals surface area contributed by atoms with Crippen LogP contribution in [0.1, 0.15) is 24.4 Å². The molecule has 3 N–H and O–H groups in total. The maximum atomic E-state index is 6.19. The Bertz CT molecular complexity index is 509. The van der Waals surface area contributed by atoms with E-state index in [9.17, 15) is 0 Å². The van der Waals surface area contributed by atoms with Crippen molar-refractivity contribution >= 4 is 11.6 Å². The molecule has 0 saturated carbocycles. The summed E-state index contributed by atoms with van der Waals surface area (Å²) in [5.74, 6) is 6.64. The molecule has 0 aliphatic rings. The van der Waals surface area contributed by atoms with Crippen LogP contribution in [-0.2, 0) is 13.0 Å². The molecule has 1 aromatic heterocycles. The van der Waals surface area contributed by atoms with Gasteiger partial charge in [0.2, 0.25) is 0 Å². The second kappa shape index (κ2) is 6.00. The molecular formula is C13H17ClN4. The predicted molar refractivity (Wildman–Crippen MR) is 73.1 cm³/mol. The molecule has 0 aliphatic heterocycles. The molecule has 2 aromatic rings. The van der Waals surface area contributed by atoms with Gasteiger partial charge >= 0.3 is 0 Å². The summed E-state index contributed by atoms with van der Waals surface area (Å²) >= 11 is 6.19. The molecule has 1 heterocycles. The highest BCUT2D eigenvalue weighted by Crippen LogP contribution is 2.24. The summed E-state index contributed by atoms with van der Waals surface area (Å²) in [7, 11) is 0. The van der Waals surface area contributed by atoms with Crippen molar-refractivity contribution in [3.8, 4) is 0 Å². The Balaban J connectivity index is 2.23. The Morgan fingerprint density at radius 3 is 2.89 bits per heavy atom. The lowest BCUT2D eigenvalue weighted by Crippen LogP contribution is -2.30. The minimum Gasteiger partial charge on any atom is -0.335 e. The molecule has 0 radical (unpaired) electrons. The number of nitrogens with zero attached hydrogens (tertiary/aromatic N) is 2. The highest BCUT2D eigenvalue weighted by molar-refractivity contribution is 6.31. The van der Waals surface area contributed by atoms with Gasteiger partial charge in [-0.25, -0.2) is 4.98 Å². The monoisotopic (exact) mass is 264 g/mol. The number of hydrogen-bond donors (Lipinski definition) is 2. The van der Waals surface area contributed by atoms with E-state index in [4.69, 9.17) is 17.4 Å². The van der Waals surface area contributed by atoms with E-state index < -0.39 is 0 Å². The summed E-state index contributed by atoms with van der Waals surface area (Å²) in [6, 6.07) is 7.68. The predicted octanol–water partition coefficient (Wildman–Crippen LogP) is 2.30. The number of aromatic nitrogens is 2. The fraction of sp³-hybridized carbons (Fsp3) is 0.308. The number of rotatable bonds is 5. The molecule has 1 aromatic carbocycles. The fourth-order valence-corrected chi connectivity index (χ4v) is 2.28. The Morgan fingerprint density at radius 1 is 1.44 bits per heavy atom. The molecule has 0 amide bonds. The first-order valence-corrected chi connectivity index (χ1v) is 6.34. The normalized spacial score (nSPS) is 12.6. The smallest absolute Gasteiger partial charge is 0.110 e. The van der Waals surface area contributed by atoms with Crippen LogP contribution in [0, 0.1) is 0 Å². The van der Waals surface area contributed by atoms with Crippen molar-refractivity contribution < 1.29 is 0 Å². The van der Waals surface area contributed by atoms with Gasteiger partial charge in [0.1, 0.15) is 5.82 Å². The molecule has 5 heteroatoms. The van der Waals surface area contributed by atoms with E-state index in [0.29, 0.717) is 6.42 Å². The molecule has 18 heavy (non-hydrogen) atoms. The van der Waals surface area contributed by atoms with Gasteiger partial charge in [-0.05, 0) is 18.6 Å². The van der Waals surface area contributed by atoms with E-state index in [0.717, 1.165) is 23.0 Å². The van der Waals surface area contributed by atoms with Gasteiger partial charge in [-0.3, -0.25) is 11.3 Å². The maximum Gasteiger partial charge on any atom is 0.110 e. The number of hydrogen-bond acceptors (Lipinski definition) is 3. The SMILES string of the molecule is CCn1ccnc1CC(NN)c1ccccc1Cl. The lowest BCUT2D eigenvalue weighted by molar-refractivity contribution is 0.523. The first-order valence-electron chi connectivity index (χ1n) is 5.96. The lowest BCUT2D eigenvalue weighted by Gasteiger charge is -2.17. The van der Waals surface area contributed by atoms with Crippen molar-refractivity contribution in [2.24, 2.45) is 5.84 Å². The van der Waals surface area contributed by atoms with Crippen LogP contribution in [0.25, 0.3) is 0 Å². The van der Waals surface area contributed by atoms with Crippen molar-refractivity contribution in [2.75, 3.05) is 0 Å². The topological polar surface area (TPSA) is 55.9 Å². The van der Waals surface area contributed by atoms with Crippen molar-refractivity contribution in [3.05, 3.63) is 53.1 Å². The van der Waals surface area contributed by atoms with Crippen LogP contribution in [0.4, 0.5) is 0 Å². The number of benzene rings is 1. The van der Waals surface area contributed by atoms with E-state index in [2.05, 4.69) is 21.9 Å². The van der Waals surface area contributed by atoms with Gasteiger partial charge in [-0.1, -0.05) is 29.8 Å². The molecule has 1 atom stereocenters. The van der Waals surface area contributed by atoms with Crippen LogP contribution in [0.15, 0.2) is 36.7 Å². The Morgan fingerprint density at radius 2 is 2.22 bits per heavy atom. The Hall–Kier alpha value is -1.36. The summed E-state index contributed by atoms with van der Waals surface area (Å²) in [5, 5.41) is 0.718. The van der Waals surface area contributed by atoms with Crippen molar-refractivity contribution in [3.63, 3.8) is 0 Å². The molecule has 1 unspecified atom stereocenters. The molecule has 0 fully saturated rings. The first-order chi connectivity index (χ1) is 8.76. The fourth-order valence-electron chi connectivity index (χ4n) is 2.02. The van der Waals surface area contributed by atoms with E-state index >= 15 is 0 Å². The van der Waals surface area contributed by atoms with Crippen LogP contribution in [0.5, 0.6) is 0 Å². The molecule has 0 bridgehead atoms. The third-order valence-corrected chi connectivity index (χ3v) is 3.36. The average Bonchev–Trinajstić information content (AvgIpc) is 2.84. The molecule has 2 rings (SSSR count). The Labute approximate surface area is 112 Å². The van der Waals surface area contributed by atoms with Crippen LogP contribution < -0.4 is 11.3 Å². The summed E-state index contributed by atoms with van der Waals surface area (Å²) in [5.41, 5.74) is 3.80. The molecule has 0 saturated heterocycles. The van der Waals surface area contributed by atoms with Gasteiger partial charge < -0.3 is 4.57 Å². The van der Waals surface area contributed by atoms with Crippen molar-refractivity contribution in [1.82, 2.24) is 15.0 Å². The van der Waals surface area contributed by atoms with Gasteiger partial charge in [0, 0.05) is 30.4 Å². The van der Waals surface area contributed by atoms with Gasteiger partial charge in [0.25, 0.3) is 0 Å². The molecule has 0 aliphatic carbocycles. The molecule has 96 valence electrons. The first kappa shape index (κ1) is 13.1. The molecule has 0 spiro atoms. The van der Waals surface area contributed by atoms with Crippen LogP contribution in [0.2, 0.25) is 5.02 Å². The maximum absolute atomic E-state index is 6.19. The lowest BCUT2D eigenvalue weighted by atomic mass is 10.0. The number of nitrogens with two attached hydrogens (primary N) is 1. The van der Waals surface area contributed by atoms with Crippen molar-refractivity contribution in [2.45, 2.75) is 25.9 Å². The van der Waals surface area contributed by atoms with E-state index in [-0.39, 0.29) is 6.04 Å². The minimum atomic E-state index is -0.0357. The second-order valence-corrected chi connectivity index (χ2v) is 4.48. The van der Waals surface area contributed by atoms with Gasteiger partial charge in [-0.2, -0.15) is 0 Å². The van der Waals surface area contributed by atoms with E-state index in [1.165, 1.54) is 0 Å². The zero-order valence-electron chi connectivity index (χ0n) is 10.3. The van der Waals surface area contributed by atoms with Gasteiger partial charge in [-0.15, -0.1) is 0 Å². The van der Waals surface area contributed by atoms with E-state index in [1.54, 1.807) is 6.20 Å². The number of aryl methyl sites for hydroxylation is 1. The zero-order valence-corrected chi connectivity index (χ0v) is 11.1. The largest absolute Gasteiger partial charge is 0.335 e. The van der Waals surface area contributed by atoms with Gasteiger partial charge in [0.15, 0.2) is 0 Å². The van der Waals surface area contributed by atoms with Crippen LogP contribution in [-0.4, -0.2) is 9.55 Å². The minimum absolute atomic E-state index is 0.0357. The quantitative estimate of drug-likeness (QED) is 0.644. The number of halogens is 1. The summed E-state index contributed by atoms with van der Waals surface area (Å²) in [4.78, 5) is 4.35. The van der Waals surface area contributed by atoms with Crippen LogP contribution in [0.3, 0.4) is 0 Å². The Kier molecular flexibility index (Phi) is 4.36. The summed E-state index contributed by atoms with van der Waals surface area (Å²) < 4.78 is 2.10. The average molecular weight is 265 g/mol.